The molecule has 1 aromatic carbocycles. The van der Waals surface area contributed by atoms with Crippen LogP contribution in [0.2, 0.25) is 0 Å². The third-order valence-electron chi connectivity index (χ3n) is 3.61. The van der Waals surface area contributed by atoms with Crippen molar-refractivity contribution in [3.8, 4) is 10.7 Å². The van der Waals surface area contributed by atoms with Gasteiger partial charge in [-0.25, -0.2) is 9.67 Å². The summed E-state index contributed by atoms with van der Waals surface area (Å²) in [6.07, 6.45) is 3.32. The molecular weight excluding hydrogens is 352 g/mol. The molecular formula is C17H14N6O2S. The zero-order valence-corrected chi connectivity index (χ0v) is 14.4. The number of carbonyl (C=O) groups is 1. The Balaban J connectivity index is 1.48. The van der Waals surface area contributed by atoms with Crippen LogP contribution in [0.5, 0.6) is 0 Å². The van der Waals surface area contributed by atoms with Gasteiger partial charge in [0, 0.05) is 5.69 Å². The van der Waals surface area contributed by atoms with E-state index in [9.17, 15) is 4.79 Å². The van der Waals surface area contributed by atoms with Crippen molar-refractivity contribution in [1.29, 1.82) is 0 Å². The molecule has 0 saturated heterocycles. The molecule has 0 radical (unpaired) electrons. The zero-order valence-electron chi connectivity index (χ0n) is 13.6. The van der Waals surface area contributed by atoms with Crippen LogP contribution in [0.4, 0.5) is 5.69 Å². The van der Waals surface area contributed by atoms with Gasteiger partial charge in [0.25, 0.3) is 0 Å². The van der Waals surface area contributed by atoms with Crippen molar-refractivity contribution in [3.05, 3.63) is 65.9 Å². The van der Waals surface area contributed by atoms with E-state index in [1.165, 1.54) is 17.3 Å². The van der Waals surface area contributed by atoms with Crippen molar-refractivity contribution < 1.29 is 9.32 Å². The highest BCUT2D eigenvalue weighted by Crippen LogP contribution is 2.23. The van der Waals surface area contributed by atoms with Gasteiger partial charge in [0.15, 0.2) is 0 Å². The summed E-state index contributed by atoms with van der Waals surface area (Å²) in [5.41, 5.74) is 1.59. The number of para-hydroxylation sites is 1. The molecule has 9 heteroatoms. The van der Waals surface area contributed by atoms with Gasteiger partial charge in [-0.1, -0.05) is 29.4 Å². The van der Waals surface area contributed by atoms with E-state index >= 15 is 0 Å². The maximum Gasteiger partial charge on any atom is 0.246 e. The number of hydrogen-bond acceptors (Lipinski definition) is 7. The highest BCUT2D eigenvalue weighted by atomic mass is 32.1. The molecule has 0 bridgehead atoms. The maximum atomic E-state index is 12.2. The third kappa shape index (κ3) is 3.67. The number of nitrogens with one attached hydrogen (secondary N) is 1. The summed E-state index contributed by atoms with van der Waals surface area (Å²) in [5.74, 6) is 0.877. The van der Waals surface area contributed by atoms with Gasteiger partial charge in [-0.2, -0.15) is 10.1 Å². The predicted molar refractivity (Wildman–Crippen MR) is 95.5 cm³/mol. The minimum Gasteiger partial charge on any atom is -0.339 e. The Labute approximate surface area is 152 Å². The summed E-state index contributed by atoms with van der Waals surface area (Å²) in [6.45, 7) is 0.0947. The first kappa shape index (κ1) is 16.2. The molecule has 0 spiro atoms. The second-order valence-corrected chi connectivity index (χ2v) is 6.41. The van der Waals surface area contributed by atoms with Gasteiger partial charge in [-0.3, -0.25) is 4.79 Å². The number of thiophene rings is 1. The lowest BCUT2D eigenvalue weighted by Gasteiger charge is -2.09. The highest BCUT2D eigenvalue weighted by molar-refractivity contribution is 7.13. The normalized spacial score (nSPS) is 10.8. The lowest BCUT2D eigenvalue weighted by Crippen LogP contribution is -2.19. The molecule has 26 heavy (non-hydrogen) atoms. The second kappa shape index (κ2) is 7.28. The molecule has 1 N–H and O–H groups in total. The summed E-state index contributed by atoms with van der Waals surface area (Å²) in [5, 5.41) is 12.8. The van der Waals surface area contributed by atoms with E-state index in [0.717, 1.165) is 10.4 Å². The molecule has 0 atom stereocenters. The molecule has 4 rings (SSSR count). The largest absolute Gasteiger partial charge is 0.339 e. The fourth-order valence-electron chi connectivity index (χ4n) is 2.44. The predicted octanol–water partition coefficient (Wildman–Crippen LogP) is 2.62. The Hall–Kier alpha value is -3.33. The number of anilines is 1. The monoisotopic (exact) mass is 366 g/mol. The Morgan fingerprint density at radius 1 is 1.23 bits per heavy atom. The van der Waals surface area contributed by atoms with E-state index in [0.29, 0.717) is 23.8 Å². The number of benzene rings is 1. The van der Waals surface area contributed by atoms with Crippen LogP contribution >= 0.6 is 11.3 Å². The quantitative estimate of drug-likeness (QED) is 0.563. The van der Waals surface area contributed by atoms with Crippen LogP contribution < -0.4 is 5.32 Å². The Kier molecular flexibility index (Phi) is 4.52. The summed E-state index contributed by atoms with van der Waals surface area (Å²) in [7, 11) is 0. The van der Waals surface area contributed by atoms with Crippen molar-refractivity contribution in [2.24, 2.45) is 0 Å². The van der Waals surface area contributed by atoms with Gasteiger partial charge in [-0.15, -0.1) is 11.3 Å². The van der Waals surface area contributed by atoms with Gasteiger partial charge in [0.1, 0.15) is 19.2 Å². The SMILES string of the molecule is O=C(Cn1cncn1)Nc1ccccc1Cc1nc(-c2cccs2)no1. The molecule has 0 aliphatic carbocycles. The molecule has 8 nitrogen and oxygen atoms in total. The van der Waals surface area contributed by atoms with E-state index in [-0.39, 0.29) is 12.5 Å². The van der Waals surface area contributed by atoms with Crippen molar-refractivity contribution in [2.45, 2.75) is 13.0 Å². The molecule has 130 valence electrons. The summed E-state index contributed by atoms with van der Waals surface area (Å²) >= 11 is 1.55. The van der Waals surface area contributed by atoms with Crippen LogP contribution in [0.1, 0.15) is 11.5 Å². The lowest BCUT2D eigenvalue weighted by atomic mass is 10.1. The molecule has 0 unspecified atom stereocenters. The van der Waals surface area contributed by atoms with Crippen molar-refractivity contribution >= 4 is 22.9 Å². The third-order valence-corrected chi connectivity index (χ3v) is 4.48. The summed E-state index contributed by atoms with van der Waals surface area (Å²) in [4.78, 5) is 21.4. The summed E-state index contributed by atoms with van der Waals surface area (Å²) < 4.78 is 6.81. The molecule has 0 aliphatic rings. The smallest absolute Gasteiger partial charge is 0.246 e. The number of hydrogen-bond donors (Lipinski definition) is 1. The van der Waals surface area contributed by atoms with Crippen LogP contribution in [0, 0.1) is 0 Å². The average molecular weight is 366 g/mol. The first-order valence-corrected chi connectivity index (χ1v) is 8.72. The van der Waals surface area contributed by atoms with Crippen LogP contribution in [-0.2, 0) is 17.8 Å². The molecule has 3 aromatic heterocycles. The topological polar surface area (TPSA) is 98.7 Å². The van der Waals surface area contributed by atoms with Crippen molar-refractivity contribution in [1.82, 2.24) is 24.9 Å². The first-order chi connectivity index (χ1) is 12.8. The minimum absolute atomic E-state index is 0.0947. The van der Waals surface area contributed by atoms with Gasteiger partial charge in [0.05, 0.1) is 11.3 Å². The van der Waals surface area contributed by atoms with E-state index in [1.54, 1.807) is 11.3 Å². The van der Waals surface area contributed by atoms with Gasteiger partial charge >= 0.3 is 0 Å². The Morgan fingerprint density at radius 2 is 2.15 bits per heavy atom. The molecule has 0 aliphatic heterocycles. The number of aromatic nitrogens is 5. The van der Waals surface area contributed by atoms with Gasteiger partial charge in [-0.05, 0) is 23.1 Å². The van der Waals surface area contributed by atoms with Crippen LogP contribution in [0.25, 0.3) is 10.7 Å². The number of carbonyl (C=O) groups excluding carboxylic acids is 1. The van der Waals surface area contributed by atoms with Crippen LogP contribution in [0.3, 0.4) is 0 Å². The van der Waals surface area contributed by atoms with Crippen molar-refractivity contribution in [2.75, 3.05) is 5.32 Å². The molecule has 0 fully saturated rings. The van der Waals surface area contributed by atoms with E-state index in [1.807, 2.05) is 41.8 Å². The number of nitrogens with zero attached hydrogens (tertiary/aromatic N) is 5. The minimum atomic E-state index is -0.187. The van der Waals surface area contributed by atoms with E-state index < -0.39 is 0 Å². The van der Waals surface area contributed by atoms with Gasteiger partial charge in [0.2, 0.25) is 17.6 Å². The van der Waals surface area contributed by atoms with Gasteiger partial charge < -0.3 is 9.84 Å². The number of rotatable bonds is 6. The Bertz CT molecular complexity index is 994. The van der Waals surface area contributed by atoms with E-state index in [4.69, 9.17) is 4.52 Å². The molecule has 3 heterocycles. The lowest BCUT2D eigenvalue weighted by molar-refractivity contribution is -0.116. The van der Waals surface area contributed by atoms with E-state index in [2.05, 4.69) is 25.5 Å². The molecule has 0 saturated carbocycles. The van der Waals surface area contributed by atoms with Crippen LogP contribution in [0.15, 0.2) is 59.0 Å². The first-order valence-electron chi connectivity index (χ1n) is 7.84. The summed E-state index contributed by atoms with van der Waals surface area (Å²) in [6, 6.07) is 11.4. The average Bonchev–Trinajstić information content (AvgIpc) is 3.38. The Morgan fingerprint density at radius 3 is 2.96 bits per heavy atom. The standard InChI is InChI=1S/C17H14N6O2S/c24-15(9-23-11-18-10-19-23)20-13-5-2-1-4-12(13)8-16-21-17(22-25-16)14-6-3-7-26-14/h1-7,10-11H,8-9H2,(H,20,24). The fourth-order valence-corrected chi connectivity index (χ4v) is 3.09. The molecule has 4 aromatic rings. The fraction of sp³-hybridized carbons (Fsp3) is 0.118. The number of amides is 1. The molecule has 1 amide bonds. The van der Waals surface area contributed by atoms with Crippen molar-refractivity contribution in [3.63, 3.8) is 0 Å². The maximum absolute atomic E-state index is 12.2. The second-order valence-electron chi connectivity index (χ2n) is 5.46. The van der Waals surface area contributed by atoms with Crippen LogP contribution in [-0.4, -0.2) is 30.8 Å². The zero-order chi connectivity index (χ0) is 17.8. The highest BCUT2D eigenvalue weighted by Gasteiger charge is 2.13.